The Labute approximate surface area is 129 Å². The van der Waals surface area contributed by atoms with Gasteiger partial charge in [0.15, 0.2) is 0 Å². The summed E-state index contributed by atoms with van der Waals surface area (Å²) in [6, 6.07) is 12.4. The lowest BCUT2D eigenvalue weighted by molar-refractivity contribution is 0.477. The van der Waals surface area contributed by atoms with E-state index in [1.54, 1.807) is 18.2 Å². The Hall–Kier alpha value is -1.63. The Bertz CT molecular complexity index is 779. The molecule has 0 saturated carbocycles. The number of benzene rings is 2. The summed E-state index contributed by atoms with van der Waals surface area (Å²) in [5.41, 5.74) is 0.379. The van der Waals surface area contributed by atoms with Gasteiger partial charge in [-0.1, -0.05) is 0 Å². The van der Waals surface area contributed by atoms with Crippen LogP contribution >= 0.6 is 22.6 Å². The van der Waals surface area contributed by atoms with Gasteiger partial charge in [-0.3, -0.25) is 4.55 Å². The first-order valence-electron chi connectivity index (χ1n) is 5.35. The number of rotatable bonds is 3. The quantitative estimate of drug-likeness (QED) is 0.631. The van der Waals surface area contributed by atoms with Crippen LogP contribution in [0, 0.1) is 14.9 Å². The van der Waals surface area contributed by atoms with E-state index in [2.05, 4.69) is 22.6 Å². The maximum atomic E-state index is 10.9. The van der Waals surface area contributed by atoms with Crippen LogP contribution in [-0.2, 0) is 10.1 Å². The van der Waals surface area contributed by atoms with Gasteiger partial charge >= 0.3 is 0 Å². The van der Waals surface area contributed by atoms with Gasteiger partial charge in [-0.15, -0.1) is 0 Å². The largest absolute Gasteiger partial charge is 0.456 e. The van der Waals surface area contributed by atoms with Crippen molar-refractivity contribution in [1.82, 2.24) is 0 Å². The third-order valence-corrected chi connectivity index (χ3v) is 3.95. The van der Waals surface area contributed by atoms with Crippen LogP contribution in [0.2, 0.25) is 0 Å². The van der Waals surface area contributed by atoms with Crippen molar-refractivity contribution in [3.63, 3.8) is 0 Å². The first-order valence-corrected chi connectivity index (χ1v) is 7.87. The normalized spacial score (nSPS) is 10.8. The van der Waals surface area contributed by atoms with E-state index in [9.17, 15) is 8.42 Å². The summed E-state index contributed by atoms with van der Waals surface area (Å²) in [6.45, 7) is 0. The lowest BCUT2D eigenvalue weighted by atomic mass is 10.2. The third-order valence-electron chi connectivity index (χ3n) is 2.41. The van der Waals surface area contributed by atoms with Crippen molar-refractivity contribution >= 4 is 32.7 Å². The van der Waals surface area contributed by atoms with E-state index in [1.165, 1.54) is 24.3 Å². The summed E-state index contributed by atoms with van der Waals surface area (Å²) in [7, 11) is -4.22. The van der Waals surface area contributed by atoms with Gasteiger partial charge in [0.1, 0.15) is 17.6 Å². The topological polar surface area (TPSA) is 87.4 Å². The van der Waals surface area contributed by atoms with Crippen LogP contribution in [0.25, 0.3) is 0 Å². The molecule has 1 N–H and O–H groups in total. The molecule has 5 nitrogen and oxygen atoms in total. The molecule has 0 aliphatic rings. The molecule has 0 heterocycles. The zero-order valence-corrected chi connectivity index (χ0v) is 12.9. The highest BCUT2D eigenvalue weighted by atomic mass is 127. The molecule has 0 unspecified atom stereocenters. The lowest BCUT2D eigenvalue weighted by Gasteiger charge is -2.08. The van der Waals surface area contributed by atoms with E-state index in [1.807, 2.05) is 6.07 Å². The van der Waals surface area contributed by atoms with Gasteiger partial charge in [-0.2, -0.15) is 13.7 Å². The summed E-state index contributed by atoms with van der Waals surface area (Å²) < 4.78 is 37.2. The minimum Gasteiger partial charge on any atom is -0.456 e. The molecule has 0 aliphatic heterocycles. The fourth-order valence-electron chi connectivity index (χ4n) is 1.48. The molecule has 0 saturated heterocycles. The molecule has 0 fully saturated rings. The summed E-state index contributed by atoms with van der Waals surface area (Å²) in [6.07, 6.45) is 0. The first kappa shape index (κ1) is 14.8. The summed E-state index contributed by atoms with van der Waals surface area (Å²) >= 11 is 2.10. The standard InChI is InChI=1S/C13H8INO4S/c14-10-2-1-9(8-15)13(7-10)19-11-3-5-12(6-4-11)20(16,17)18/h1-7H,(H,16,17,18). The van der Waals surface area contributed by atoms with E-state index in [0.717, 1.165) is 3.57 Å². The Kier molecular flexibility index (Phi) is 4.27. The molecule has 0 aromatic heterocycles. The second kappa shape index (κ2) is 5.78. The number of ether oxygens (including phenoxy) is 1. The molecular formula is C13H8INO4S. The van der Waals surface area contributed by atoms with Crippen LogP contribution in [0.5, 0.6) is 11.5 Å². The van der Waals surface area contributed by atoms with Crippen LogP contribution < -0.4 is 4.74 Å². The zero-order valence-electron chi connectivity index (χ0n) is 9.95. The monoisotopic (exact) mass is 401 g/mol. The van der Waals surface area contributed by atoms with Gasteiger partial charge in [0.25, 0.3) is 10.1 Å². The van der Waals surface area contributed by atoms with E-state index in [0.29, 0.717) is 17.1 Å². The van der Waals surface area contributed by atoms with Gasteiger partial charge in [0.05, 0.1) is 10.5 Å². The summed E-state index contributed by atoms with van der Waals surface area (Å²) in [4.78, 5) is -0.215. The lowest BCUT2D eigenvalue weighted by Crippen LogP contribution is -1.97. The molecule has 2 aromatic carbocycles. The van der Waals surface area contributed by atoms with E-state index >= 15 is 0 Å². The Morgan fingerprint density at radius 1 is 1.15 bits per heavy atom. The van der Waals surface area contributed by atoms with Gasteiger partial charge in [0.2, 0.25) is 0 Å². The molecule has 0 atom stereocenters. The summed E-state index contributed by atoms with van der Waals surface area (Å²) in [5, 5.41) is 8.99. The predicted octanol–water partition coefficient (Wildman–Crippen LogP) is 3.20. The van der Waals surface area contributed by atoms with Crippen molar-refractivity contribution in [3.8, 4) is 17.6 Å². The Morgan fingerprint density at radius 3 is 2.35 bits per heavy atom. The fraction of sp³-hybridized carbons (Fsp3) is 0. The number of hydrogen-bond donors (Lipinski definition) is 1. The van der Waals surface area contributed by atoms with E-state index in [4.69, 9.17) is 14.6 Å². The van der Waals surface area contributed by atoms with Gasteiger partial charge < -0.3 is 4.74 Å². The van der Waals surface area contributed by atoms with Crippen molar-refractivity contribution in [1.29, 1.82) is 5.26 Å². The highest BCUT2D eigenvalue weighted by Crippen LogP contribution is 2.27. The second-order valence-corrected chi connectivity index (χ2v) is 6.47. The molecule has 0 amide bonds. The number of nitrogens with zero attached hydrogens (tertiary/aromatic N) is 1. The van der Waals surface area contributed by atoms with Crippen molar-refractivity contribution in [2.45, 2.75) is 4.90 Å². The molecule has 2 aromatic rings. The fourth-order valence-corrected chi connectivity index (χ4v) is 2.42. The number of nitriles is 1. The number of halogens is 1. The highest BCUT2D eigenvalue weighted by molar-refractivity contribution is 14.1. The Morgan fingerprint density at radius 2 is 1.80 bits per heavy atom. The van der Waals surface area contributed by atoms with Crippen LogP contribution in [0.15, 0.2) is 47.4 Å². The van der Waals surface area contributed by atoms with E-state index in [-0.39, 0.29) is 4.90 Å². The minimum absolute atomic E-state index is 0.215. The molecule has 0 radical (unpaired) electrons. The molecule has 0 spiro atoms. The molecule has 0 aliphatic carbocycles. The molecule has 102 valence electrons. The SMILES string of the molecule is N#Cc1ccc(I)cc1Oc1ccc(S(=O)(=O)O)cc1. The van der Waals surface area contributed by atoms with Gasteiger partial charge in [-0.25, -0.2) is 0 Å². The van der Waals surface area contributed by atoms with E-state index < -0.39 is 10.1 Å². The predicted molar refractivity (Wildman–Crippen MR) is 80.2 cm³/mol. The second-order valence-electron chi connectivity index (χ2n) is 3.80. The molecular weight excluding hydrogens is 393 g/mol. The maximum Gasteiger partial charge on any atom is 0.294 e. The van der Waals surface area contributed by atoms with Crippen molar-refractivity contribution in [2.24, 2.45) is 0 Å². The van der Waals surface area contributed by atoms with Crippen LogP contribution in [0.1, 0.15) is 5.56 Å². The molecule has 7 heteroatoms. The molecule has 0 bridgehead atoms. The van der Waals surface area contributed by atoms with Crippen molar-refractivity contribution in [3.05, 3.63) is 51.6 Å². The average Bonchev–Trinajstić information content (AvgIpc) is 2.38. The third kappa shape index (κ3) is 3.47. The average molecular weight is 401 g/mol. The van der Waals surface area contributed by atoms with Gasteiger partial charge in [0, 0.05) is 3.57 Å². The Balaban J connectivity index is 2.32. The maximum absolute atomic E-state index is 10.9. The van der Waals surface area contributed by atoms with Crippen LogP contribution in [-0.4, -0.2) is 13.0 Å². The first-order chi connectivity index (χ1) is 9.40. The molecule has 2 rings (SSSR count). The highest BCUT2D eigenvalue weighted by Gasteiger charge is 2.10. The zero-order chi connectivity index (χ0) is 14.8. The van der Waals surface area contributed by atoms with Crippen LogP contribution in [0.4, 0.5) is 0 Å². The van der Waals surface area contributed by atoms with Crippen LogP contribution in [0.3, 0.4) is 0 Å². The smallest absolute Gasteiger partial charge is 0.294 e. The van der Waals surface area contributed by atoms with Gasteiger partial charge in [-0.05, 0) is 65.1 Å². The molecule has 20 heavy (non-hydrogen) atoms. The van der Waals surface area contributed by atoms with Crippen molar-refractivity contribution in [2.75, 3.05) is 0 Å². The number of hydrogen-bond acceptors (Lipinski definition) is 4. The minimum atomic E-state index is -4.22. The van der Waals surface area contributed by atoms with Crippen molar-refractivity contribution < 1.29 is 17.7 Å². The summed E-state index contributed by atoms with van der Waals surface area (Å²) in [5.74, 6) is 0.759.